The number of pyridine rings is 2. The first-order valence-electron chi connectivity index (χ1n) is 9.10. The van der Waals surface area contributed by atoms with Gasteiger partial charge in [-0.3, -0.25) is 9.97 Å². The molecule has 3 aromatic heterocycles. The number of hydrogen-bond donors (Lipinski definition) is 2. The monoisotopic (exact) mass is 399 g/mol. The molecule has 0 aliphatic rings. The van der Waals surface area contributed by atoms with Gasteiger partial charge in [-0.05, 0) is 55.8 Å². The lowest BCUT2D eigenvalue weighted by atomic mass is 10.0. The second-order valence-electron chi connectivity index (χ2n) is 6.67. The van der Waals surface area contributed by atoms with E-state index in [0.717, 1.165) is 39.1 Å². The number of hydrogen-bond acceptors (Lipinski definition) is 4. The van der Waals surface area contributed by atoms with E-state index in [0.29, 0.717) is 16.3 Å². The minimum Gasteiger partial charge on any atom is -0.360 e. The fourth-order valence-corrected chi connectivity index (χ4v) is 3.55. The molecule has 0 saturated carbocycles. The molecular weight excluding hydrogens is 382 g/mol. The van der Waals surface area contributed by atoms with Gasteiger partial charge in [0.15, 0.2) is 0 Å². The topological polar surface area (TPSA) is 77.4 Å². The summed E-state index contributed by atoms with van der Waals surface area (Å²) in [5.41, 5.74) is 6.41. The number of H-pyrrole nitrogens is 1. The zero-order valence-electron chi connectivity index (χ0n) is 16.0. The van der Waals surface area contributed by atoms with Crippen LogP contribution in [-0.2, 0) is 0 Å². The van der Waals surface area contributed by atoms with Crippen molar-refractivity contribution in [2.45, 2.75) is 13.8 Å². The number of anilines is 2. The molecule has 0 spiro atoms. The Kier molecular flexibility index (Phi) is 5.03. The van der Waals surface area contributed by atoms with Gasteiger partial charge in [-0.25, -0.2) is 0 Å². The first-order valence-corrected chi connectivity index (χ1v) is 9.48. The summed E-state index contributed by atoms with van der Waals surface area (Å²) in [6.45, 7) is 3.94. The van der Waals surface area contributed by atoms with Crippen molar-refractivity contribution in [2.24, 2.45) is 0 Å². The molecule has 0 radical (unpaired) electrons. The van der Waals surface area contributed by atoms with E-state index in [1.165, 1.54) is 0 Å². The van der Waals surface area contributed by atoms with Crippen molar-refractivity contribution in [3.05, 3.63) is 82.0 Å². The predicted octanol–water partition coefficient (Wildman–Crippen LogP) is 6.01. The SMILES string of the molecule is Cc1ncc(C#N)c(Nc2cc(Cl)c3[nH]ccc3c2C)c1/C=C/c1ccccn1. The highest BCUT2D eigenvalue weighted by molar-refractivity contribution is 6.35. The molecule has 0 saturated heterocycles. The van der Waals surface area contributed by atoms with Crippen LogP contribution in [0.2, 0.25) is 5.02 Å². The Labute approximate surface area is 173 Å². The third-order valence-corrected chi connectivity index (χ3v) is 5.17. The Balaban J connectivity index is 1.83. The molecule has 5 nitrogen and oxygen atoms in total. The van der Waals surface area contributed by atoms with Gasteiger partial charge in [-0.15, -0.1) is 0 Å². The van der Waals surface area contributed by atoms with Gasteiger partial charge in [0.2, 0.25) is 0 Å². The number of rotatable bonds is 4. The normalized spacial score (nSPS) is 11.1. The predicted molar refractivity (Wildman–Crippen MR) is 118 cm³/mol. The van der Waals surface area contributed by atoms with E-state index < -0.39 is 0 Å². The highest BCUT2D eigenvalue weighted by atomic mass is 35.5. The summed E-state index contributed by atoms with van der Waals surface area (Å²) in [6.07, 6.45) is 9.03. The van der Waals surface area contributed by atoms with Gasteiger partial charge in [0.1, 0.15) is 6.07 Å². The van der Waals surface area contributed by atoms with E-state index in [2.05, 4.69) is 26.3 Å². The molecule has 0 fully saturated rings. The second-order valence-corrected chi connectivity index (χ2v) is 7.08. The van der Waals surface area contributed by atoms with Crippen molar-refractivity contribution in [1.29, 1.82) is 5.26 Å². The molecule has 0 aliphatic heterocycles. The number of aromatic amines is 1. The Morgan fingerprint density at radius 2 is 2.03 bits per heavy atom. The van der Waals surface area contributed by atoms with Crippen molar-refractivity contribution in [3.63, 3.8) is 0 Å². The molecule has 4 rings (SSSR count). The molecule has 0 bridgehead atoms. The van der Waals surface area contributed by atoms with Crippen molar-refractivity contribution in [2.75, 3.05) is 5.32 Å². The van der Waals surface area contributed by atoms with Crippen LogP contribution in [0.25, 0.3) is 23.1 Å². The van der Waals surface area contributed by atoms with Crippen molar-refractivity contribution < 1.29 is 0 Å². The summed E-state index contributed by atoms with van der Waals surface area (Å²) in [7, 11) is 0. The fraction of sp³-hybridized carbons (Fsp3) is 0.0870. The van der Waals surface area contributed by atoms with Crippen molar-refractivity contribution in [1.82, 2.24) is 15.0 Å². The van der Waals surface area contributed by atoms with E-state index >= 15 is 0 Å². The molecule has 0 aliphatic carbocycles. The standard InChI is InChI=1S/C23H18ClN5/c1-14-18-8-10-27-23(18)20(24)11-21(14)29-22-16(12-25)13-28-15(2)19(22)7-6-17-5-3-4-9-26-17/h3-11,13,27H,1-2H3,(H,28,29)/b7-6+. The van der Waals surface area contributed by atoms with Crippen LogP contribution in [0.1, 0.15) is 28.1 Å². The highest BCUT2D eigenvalue weighted by Gasteiger charge is 2.15. The van der Waals surface area contributed by atoms with Gasteiger partial charge in [-0.1, -0.05) is 17.7 Å². The third kappa shape index (κ3) is 3.58. The van der Waals surface area contributed by atoms with Crippen LogP contribution in [0, 0.1) is 25.2 Å². The lowest BCUT2D eigenvalue weighted by Gasteiger charge is -2.16. The number of nitrogens with one attached hydrogen (secondary N) is 2. The molecule has 6 heteroatoms. The fourth-order valence-electron chi connectivity index (χ4n) is 3.28. The Morgan fingerprint density at radius 1 is 1.17 bits per heavy atom. The number of nitrogens with zero attached hydrogens (tertiary/aromatic N) is 3. The van der Waals surface area contributed by atoms with Crippen LogP contribution in [0.15, 0.2) is 48.9 Å². The third-order valence-electron chi connectivity index (χ3n) is 4.87. The van der Waals surface area contributed by atoms with E-state index in [1.54, 1.807) is 12.4 Å². The molecule has 2 N–H and O–H groups in total. The van der Waals surface area contributed by atoms with Crippen LogP contribution < -0.4 is 5.32 Å². The summed E-state index contributed by atoms with van der Waals surface area (Å²) in [6, 6.07) is 11.8. The quantitative estimate of drug-likeness (QED) is 0.440. The maximum atomic E-state index is 9.66. The van der Waals surface area contributed by atoms with Gasteiger partial charge in [0.25, 0.3) is 0 Å². The van der Waals surface area contributed by atoms with Gasteiger partial charge < -0.3 is 10.3 Å². The molecule has 29 heavy (non-hydrogen) atoms. The Hall–Kier alpha value is -3.62. The smallest absolute Gasteiger partial charge is 0.103 e. The summed E-state index contributed by atoms with van der Waals surface area (Å²) in [4.78, 5) is 11.9. The summed E-state index contributed by atoms with van der Waals surface area (Å²) in [5.74, 6) is 0. The van der Waals surface area contributed by atoms with Crippen LogP contribution in [0.3, 0.4) is 0 Å². The molecule has 4 aromatic rings. The van der Waals surface area contributed by atoms with E-state index in [-0.39, 0.29) is 0 Å². The lowest BCUT2D eigenvalue weighted by molar-refractivity contribution is 1.18. The first kappa shape index (κ1) is 18.7. The molecule has 1 aromatic carbocycles. The first-order chi connectivity index (χ1) is 14.1. The molecule has 142 valence electrons. The number of aromatic nitrogens is 3. The molecule has 0 amide bonds. The summed E-state index contributed by atoms with van der Waals surface area (Å²) >= 11 is 6.46. The van der Waals surface area contributed by atoms with Crippen LogP contribution in [0.5, 0.6) is 0 Å². The second kappa shape index (κ2) is 7.78. The minimum absolute atomic E-state index is 0.459. The van der Waals surface area contributed by atoms with Gasteiger partial charge in [0, 0.05) is 40.9 Å². The number of halogens is 1. The van der Waals surface area contributed by atoms with Gasteiger partial charge >= 0.3 is 0 Å². The summed E-state index contributed by atoms with van der Waals surface area (Å²) < 4.78 is 0. The molecule has 0 unspecified atom stereocenters. The number of aryl methyl sites for hydroxylation is 2. The molecule has 0 atom stereocenters. The zero-order valence-corrected chi connectivity index (χ0v) is 16.7. The molecular formula is C23H18ClN5. The van der Waals surface area contributed by atoms with Crippen molar-refractivity contribution >= 4 is 46.0 Å². The van der Waals surface area contributed by atoms with Gasteiger partial charge in [-0.2, -0.15) is 5.26 Å². The maximum absolute atomic E-state index is 9.66. The minimum atomic E-state index is 0.459. The van der Waals surface area contributed by atoms with E-state index in [4.69, 9.17) is 11.6 Å². The molecule has 3 heterocycles. The number of fused-ring (bicyclic) bond motifs is 1. The average Bonchev–Trinajstić information content (AvgIpc) is 3.23. The number of benzene rings is 1. The Morgan fingerprint density at radius 3 is 2.79 bits per heavy atom. The Bertz CT molecular complexity index is 1270. The van der Waals surface area contributed by atoms with Crippen LogP contribution in [0.4, 0.5) is 11.4 Å². The van der Waals surface area contributed by atoms with E-state index in [9.17, 15) is 5.26 Å². The van der Waals surface area contributed by atoms with Crippen LogP contribution in [-0.4, -0.2) is 15.0 Å². The average molecular weight is 400 g/mol. The largest absolute Gasteiger partial charge is 0.360 e. The maximum Gasteiger partial charge on any atom is 0.103 e. The van der Waals surface area contributed by atoms with Gasteiger partial charge in [0.05, 0.1) is 27.5 Å². The number of nitriles is 1. The summed E-state index contributed by atoms with van der Waals surface area (Å²) in [5, 5.41) is 14.7. The highest BCUT2D eigenvalue weighted by Crippen LogP contribution is 2.35. The van der Waals surface area contributed by atoms with E-state index in [1.807, 2.05) is 62.5 Å². The lowest BCUT2D eigenvalue weighted by Crippen LogP contribution is -2.02. The zero-order chi connectivity index (χ0) is 20.4. The van der Waals surface area contributed by atoms with Crippen molar-refractivity contribution in [3.8, 4) is 6.07 Å². The van der Waals surface area contributed by atoms with Crippen LogP contribution >= 0.6 is 11.6 Å².